The van der Waals surface area contributed by atoms with Crippen molar-refractivity contribution in [2.24, 2.45) is 0 Å². The number of para-hydroxylation sites is 1. The number of rotatable bonds is 3. The maximum Gasteiger partial charge on any atom is 0.192 e. The Kier molecular flexibility index (Phi) is 2.94. The van der Waals surface area contributed by atoms with Crippen molar-refractivity contribution in [3.05, 3.63) is 57.9 Å². The molecule has 0 aliphatic rings. The number of hydrogen-bond acceptors (Lipinski definition) is 2. The number of ketones is 1. The van der Waals surface area contributed by atoms with Crippen LogP contribution in [0.1, 0.15) is 9.67 Å². The fraction of sp³-hybridized carbons (Fsp3) is 0.0714. The van der Waals surface area contributed by atoms with E-state index in [1.807, 2.05) is 52.5 Å². The Balaban J connectivity index is 1.98. The molecule has 3 aromatic rings. The standard InChI is InChI=1S/C14H10ClNOS/c15-11-4-1-3-10-6-7-16(14(10)11)9-12(17)13-5-2-8-18-13/h1-8H,9H2. The summed E-state index contributed by atoms with van der Waals surface area (Å²) in [5.41, 5.74) is 0.920. The number of benzene rings is 1. The molecule has 0 spiro atoms. The van der Waals surface area contributed by atoms with Gasteiger partial charge in [-0.05, 0) is 23.6 Å². The summed E-state index contributed by atoms with van der Waals surface area (Å²) in [5, 5.41) is 3.64. The van der Waals surface area contributed by atoms with E-state index in [9.17, 15) is 4.79 Å². The van der Waals surface area contributed by atoms with E-state index in [4.69, 9.17) is 11.6 Å². The second kappa shape index (κ2) is 4.59. The summed E-state index contributed by atoms with van der Waals surface area (Å²) >= 11 is 7.65. The minimum Gasteiger partial charge on any atom is -0.338 e. The summed E-state index contributed by atoms with van der Waals surface area (Å²) in [6.07, 6.45) is 1.90. The van der Waals surface area contributed by atoms with Gasteiger partial charge in [-0.15, -0.1) is 11.3 Å². The van der Waals surface area contributed by atoms with Crippen LogP contribution in [0.5, 0.6) is 0 Å². The van der Waals surface area contributed by atoms with E-state index >= 15 is 0 Å². The third-order valence-electron chi connectivity index (χ3n) is 2.85. The lowest BCUT2D eigenvalue weighted by Crippen LogP contribution is -2.08. The number of carbonyl (C=O) groups excluding carboxylic acids is 1. The van der Waals surface area contributed by atoms with E-state index in [-0.39, 0.29) is 5.78 Å². The first-order valence-electron chi connectivity index (χ1n) is 5.56. The normalized spacial score (nSPS) is 10.9. The van der Waals surface area contributed by atoms with Gasteiger partial charge in [-0.1, -0.05) is 29.8 Å². The molecule has 0 aliphatic carbocycles. The molecule has 2 nitrogen and oxygen atoms in total. The molecule has 0 saturated heterocycles. The van der Waals surface area contributed by atoms with Gasteiger partial charge < -0.3 is 4.57 Å². The first kappa shape index (κ1) is 11.5. The molecular weight excluding hydrogens is 266 g/mol. The number of nitrogens with zero attached hydrogens (tertiary/aromatic N) is 1. The molecule has 0 fully saturated rings. The smallest absolute Gasteiger partial charge is 0.192 e. The number of aromatic nitrogens is 1. The van der Waals surface area contributed by atoms with Gasteiger partial charge in [0.2, 0.25) is 0 Å². The van der Waals surface area contributed by atoms with Crippen LogP contribution in [0.3, 0.4) is 0 Å². The van der Waals surface area contributed by atoms with Crippen molar-refractivity contribution in [3.63, 3.8) is 0 Å². The Bertz CT molecular complexity index is 700. The SMILES string of the molecule is O=C(Cn1ccc2cccc(Cl)c21)c1cccs1. The molecule has 0 atom stereocenters. The predicted octanol–water partition coefficient (Wildman–Crippen LogP) is 4.24. The highest BCUT2D eigenvalue weighted by Crippen LogP contribution is 2.24. The van der Waals surface area contributed by atoms with Gasteiger partial charge in [0.15, 0.2) is 5.78 Å². The van der Waals surface area contributed by atoms with Crippen molar-refractivity contribution in [2.75, 3.05) is 0 Å². The number of hydrogen-bond donors (Lipinski definition) is 0. The van der Waals surface area contributed by atoms with Gasteiger partial charge in [-0.3, -0.25) is 4.79 Å². The summed E-state index contributed by atoms with van der Waals surface area (Å²) in [6, 6.07) is 11.5. The van der Waals surface area contributed by atoms with E-state index < -0.39 is 0 Å². The second-order valence-electron chi connectivity index (χ2n) is 4.02. The molecule has 0 saturated carbocycles. The van der Waals surface area contributed by atoms with E-state index in [2.05, 4.69) is 0 Å². The minimum atomic E-state index is 0.113. The molecule has 0 aliphatic heterocycles. The molecule has 3 rings (SSSR count). The van der Waals surface area contributed by atoms with Gasteiger partial charge in [0.25, 0.3) is 0 Å². The number of halogens is 1. The molecule has 4 heteroatoms. The topological polar surface area (TPSA) is 22.0 Å². The van der Waals surface area contributed by atoms with Crippen LogP contribution in [-0.2, 0) is 6.54 Å². The van der Waals surface area contributed by atoms with Crippen LogP contribution in [0.4, 0.5) is 0 Å². The quantitative estimate of drug-likeness (QED) is 0.655. The minimum absolute atomic E-state index is 0.113. The van der Waals surface area contributed by atoms with Crippen molar-refractivity contribution < 1.29 is 4.79 Å². The summed E-state index contributed by atoms with van der Waals surface area (Å²) in [5.74, 6) is 0.113. The fourth-order valence-corrected chi connectivity index (χ4v) is 2.96. The Morgan fingerprint density at radius 1 is 1.22 bits per heavy atom. The number of thiophene rings is 1. The number of Topliss-reactive ketones (excluding diaryl/α,β-unsaturated/α-hetero) is 1. The Hall–Kier alpha value is -1.58. The predicted molar refractivity (Wildman–Crippen MR) is 75.6 cm³/mol. The number of fused-ring (bicyclic) bond motifs is 1. The molecule has 0 amide bonds. The summed E-state index contributed by atoms with van der Waals surface area (Å²) in [6.45, 7) is 0.327. The number of carbonyl (C=O) groups is 1. The van der Waals surface area contributed by atoms with Gasteiger partial charge in [0.1, 0.15) is 0 Å². The Morgan fingerprint density at radius 3 is 2.89 bits per heavy atom. The van der Waals surface area contributed by atoms with Gasteiger partial charge >= 0.3 is 0 Å². The molecule has 2 heterocycles. The molecule has 0 radical (unpaired) electrons. The van der Waals surface area contributed by atoms with E-state index in [0.717, 1.165) is 15.8 Å². The monoisotopic (exact) mass is 275 g/mol. The van der Waals surface area contributed by atoms with Crippen LogP contribution in [0, 0.1) is 0 Å². The maximum atomic E-state index is 12.1. The van der Waals surface area contributed by atoms with Crippen LogP contribution < -0.4 is 0 Å². The average molecular weight is 276 g/mol. The Morgan fingerprint density at radius 2 is 2.11 bits per heavy atom. The van der Waals surface area contributed by atoms with Crippen molar-refractivity contribution >= 4 is 39.6 Å². The van der Waals surface area contributed by atoms with E-state index in [1.54, 1.807) is 0 Å². The lowest BCUT2D eigenvalue weighted by Gasteiger charge is -2.05. The summed E-state index contributed by atoms with van der Waals surface area (Å²) < 4.78 is 1.90. The molecule has 1 aromatic carbocycles. The highest BCUT2D eigenvalue weighted by atomic mass is 35.5. The average Bonchev–Trinajstić information content (AvgIpc) is 2.99. The van der Waals surface area contributed by atoms with Crippen LogP contribution >= 0.6 is 22.9 Å². The van der Waals surface area contributed by atoms with Gasteiger partial charge in [-0.2, -0.15) is 0 Å². The molecular formula is C14H10ClNOS. The highest BCUT2D eigenvalue weighted by molar-refractivity contribution is 7.12. The summed E-state index contributed by atoms with van der Waals surface area (Å²) in [7, 11) is 0. The molecule has 18 heavy (non-hydrogen) atoms. The van der Waals surface area contributed by atoms with Crippen LogP contribution in [0.15, 0.2) is 48.0 Å². The second-order valence-corrected chi connectivity index (χ2v) is 5.38. The van der Waals surface area contributed by atoms with Crippen LogP contribution in [0.2, 0.25) is 5.02 Å². The van der Waals surface area contributed by atoms with Crippen LogP contribution in [-0.4, -0.2) is 10.4 Å². The zero-order valence-corrected chi connectivity index (χ0v) is 11.0. The molecule has 0 bridgehead atoms. The molecule has 0 N–H and O–H groups in total. The van der Waals surface area contributed by atoms with Gasteiger partial charge in [-0.25, -0.2) is 0 Å². The zero-order chi connectivity index (χ0) is 12.5. The van der Waals surface area contributed by atoms with Crippen molar-refractivity contribution in [2.45, 2.75) is 6.54 Å². The maximum absolute atomic E-state index is 12.1. The van der Waals surface area contributed by atoms with Crippen LogP contribution in [0.25, 0.3) is 10.9 Å². The van der Waals surface area contributed by atoms with E-state index in [0.29, 0.717) is 11.6 Å². The lowest BCUT2D eigenvalue weighted by atomic mass is 10.2. The Labute approximate surface area is 113 Å². The molecule has 90 valence electrons. The van der Waals surface area contributed by atoms with Crippen molar-refractivity contribution in [3.8, 4) is 0 Å². The molecule has 2 aromatic heterocycles. The van der Waals surface area contributed by atoms with E-state index in [1.165, 1.54) is 11.3 Å². The zero-order valence-electron chi connectivity index (χ0n) is 9.47. The van der Waals surface area contributed by atoms with Gasteiger partial charge in [0, 0.05) is 11.6 Å². The lowest BCUT2D eigenvalue weighted by molar-refractivity contribution is 0.0977. The third kappa shape index (κ3) is 1.96. The summed E-state index contributed by atoms with van der Waals surface area (Å²) in [4.78, 5) is 12.9. The fourth-order valence-electron chi connectivity index (χ4n) is 2.02. The molecule has 0 unspecified atom stereocenters. The van der Waals surface area contributed by atoms with Gasteiger partial charge in [0.05, 0.1) is 22.0 Å². The first-order chi connectivity index (χ1) is 8.75. The largest absolute Gasteiger partial charge is 0.338 e. The third-order valence-corrected chi connectivity index (χ3v) is 4.07. The van der Waals surface area contributed by atoms with Crippen molar-refractivity contribution in [1.82, 2.24) is 4.57 Å². The first-order valence-corrected chi connectivity index (χ1v) is 6.81. The van der Waals surface area contributed by atoms with Crippen molar-refractivity contribution in [1.29, 1.82) is 0 Å². The highest BCUT2D eigenvalue weighted by Gasteiger charge is 2.11.